The van der Waals surface area contributed by atoms with E-state index in [0.717, 1.165) is 15.3 Å². The number of hydrogen-bond acceptors (Lipinski definition) is 0. The maximum Gasteiger partial charge on any atom is 0.114 e. The lowest BCUT2D eigenvalue weighted by atomic mass is 9.86. The first kappa shape index (κ1) is 13.6. The van der Waals surface area contributed by atoms with Crippen LogP contribution in [0.15, 0.2) is 77.3 Å². The number of rotatable bonds is 1. The molecule has 2 heteroatoms. The number of benzene rings is 4. The van der Waals surface area contributed by atoms with Crippen LogP contribution < -0.4 is 5.46 Å². The smallest absolute Gasteiger partial charge is 0.0889 e. The molecule has 0 unspecified atom stereocenters. The Morgan fingerprint density at radius 2 is 1.05 bits per heavy atom. The van der Waals surface area contributed by atoms with Gasteiger partial charge < -0.3 is 0 Å². The van der Waals surface area contributed by atoms with Gasteiger partial charge in [0.05, 0.1) is 0 Å². The summed E-state index contributed by atoms with van der Waals surface area (Å²) in [6, 6.07) is 25.2. The molecular weight excluding hydrogens is 331 g/mol. The van der Waals surface area contributed by atoms with Crippen molar-refractivity contribution < 1.29 is 0 Å². The molecule has 0 bridgehead atoms. The molecule has 102 valence electrons. The third kappa shape index (κ3) is 2.07. The average Bonchev–Trinajstić information content (AvgIpc) is 2.57. The molecular formula is C20H12BBr. The van der Waals surface area contributed by atoms with Crippen molar-refractivity contribution >= 4 is 50.8 Å². The summed E-state index contributed by atoms with van der Waals surface area (Å²) in [5.74, 6) is 0. The van der Waals surface area contributed by atoms with Gasteiger partial charge in [0.1, 0.15) is 7.85 Å². The number of fused-ring (bicyclic) bond motifs is 2. The maximum absolute atomic E-state index is 6.13. The second kappa shape index (κ2) is 5.29. The van der Waals surface area contributed by atoms with Gasteiger partial charge in [-0.25, -0.2) is 0 Å². The standard InChI is InChI=1S/C20H12BBr/c21-19-11-9-15(13-5-1-3-7-17(13)19)16-10-12-20(22)18-8-4-2-6-14(16)18/h1-12H. The molecule has 0 heterocycles. The second-order valence-electron chi connectivity index (χ2n) is 5.39. The molecule has 0 saturated heterocycles. The van der Waals surface area contributed by atoms with Crippen molar-refractivity contribution in [3.63, 3.8) is 0 Å². The maximum atomic E-state index is 6.13. The van der Waals surface area contributed by atoms with Crippen molar-refractivity contribution in [2.24, 2.45) is 0 Å². The van der Waals surface area contributed by atoms with E-state index >= 15 is 0 Å². The Morgan fingerprint density at radius 1 is 0.545 bits per heavy atom. The van der Waals surface area contributed by atoms with Crippen LogP contribution in [0.1, 0.15) is 0 Å². The summed E-state index contributed by atoms with van der Waals surface area (Å²) >= 11 is 3.64. The van der Waals surface area contributed by atoms with Crippen LogP contribution in [0.2, 0.25) is 0 Å². The lowest BCUT2D eigenvalue weighted by molar-refractivity contribution is 1.67. The van der Waals surface area contributed by atoms with E-state index in [9.17, 15) is 0 Å². The molecule has 2 radical (unpaired) electrons. The summed E-state index contributed by atoms with van der Waals surface area (Å²) < 4.78 is 1.12. The molecule has 0 aliphatic carbocycles. The molecule has 0 spiro atoms. The van der Waals surface area contributed by atoms with Gasteiger partial charge in [0.2, 0.25) is 0 Å². The summed E-state index contributed by atoms with van der Waals surface area (Å²) in [5.41, 5.74) is 3.27. The van der Waals surface area contributed by atoms with Gasteiger partial charge in [0.25, 0.3) is 0 Å². The lowest BCUT2D eigenvalue weighted by Gasteiger charge is -2.13. The zero-order chi connectivity index (χ0) is 15.1. The molecule has 4 aromatic rings. The molecule has 0 amide bonds. The fraction of sp³-hybridized carbons (Fsp3) is 0. The predicted octanol–water partition coefficient (Wildman–Crippen LogP) is 5.22. The van der Waals surface area contributed by atoms with Crippen LogP contribution in [0.4, 0.5) is 0 Å². The third-order valence-electron chi connectivity index (χ3n) is 4.12. The van der Waals surface area contributed by atoms with E-state index < -0.39 is 0 Å². The van der Waals surface area contributed by atoms with Gasteiger partial charge in [-0.1, -0.05) is 88.1 Å². The molecule has 0 saturated carbocycles. The predicted molar refractivity (Wildman–Crippen MR) is 100.0 cm³/mol. The fourth-order valence-corrected chi connectivity index (χ4v) is 3.53. The highest BCUT2D eigenvalue weighted by molar-refractivity contribution is 9.10. The van der Waals surface area contributed by atoms with Crippen molar-refractivity contribution in [1.29, 1.82) is 0 Å². The van der Waals surface area contributed by atoms with Crippen molar-refractivity contribution in [2.45, 2.75) is 0 Å². The van der Waals surface area contributed by atoms with Crippen molar-refractivity contribution in [3.05, 3.63) is 77.3 Å². The van der Waals surface area contributed by atoms with Crippen molar-refractivity contribution in [3.8, 4) is 11.1 Å². The van der Waals surface area contributed by atoms with E-state index in [2.05, 4.69) is 76.6 Å². The Bertz CT molecular complexity index is 922. The summed E-state index contributed by atoms with van der Waals surface area (Å²) in [6.45, 7) is 0. The van der Waals surface area contributed by atoms with Gasteiger partial charge in [-0.15, -0.1) is 0 Å². The highest BCUT2D eigenvalue weighted by Crippen LogP contribution is 2.36. The van der Waals surface area contributed by atoms with Crippen LogP contribution in [0.5, 0.6) is 0 Å². The van der Waals surface area contributed by atoms with Crippen LogP contribution in [-0.2, 0) is 0 Å². The van der Waals surface area contributed by atoms with Crippen LogP contribution in [0, 0.1) is 0 Å². The van der Waals surface area contributed by atoms with Gasteiger partial charge in [-0.2, -0.15) is 0 Å². The molecule has 0 nitrogen and oxygen atoms in total. The van der Waals surface area contributed by atoms with E-state index in [1.165, 1.54) is 27.3 Å². The van der Waals surface area contributed by atoms with Gasteiger partial charge in [0, 0.05) is 4.47 Å². The third-order valence-corrected chi connectivity index (χ3v) is 4.81. The van der Waals surface area contributed by atoms with Crippen molar-refractivity contribution in [2.75, 3.05) is 0 Å². The Morgan fingerprint density at radius 3 is 1.73 bits per heavy atom. The molecule has 0 aromatic heterocycles. The number of halogens is 1. The first-order chi connectivity index (χ1) is 10.8. The molecule has 4 rings (SSSR count). The Labute approximate surface area is 139 Å². The highest BCUT2D eigenvalue weighted by atomic mass is 79.9. The minimum atomic E-state index is 0.820. The van der Waals surface area contributed by atoms with Crippen LogP contribution >= 0.6 is 15.9 Å². The molecule has 0 N–H and O–H groups in total. The zero-order valence-electron chi connectivity index (χ0n) is 11.9. The Balaban J connectivity index is 2.13. The SMILES string of the molecule is [B]c1ccc(-c2ccc(Br)c3ccccc23)c2ccccc12. The van der Waals surface area contributed by atoms with E-state index in [-0.39, 0.29) is 0 Å². The Kier molecular flexibility index (Phi) is 3.27. The minimum Gasteiger partial charge on any atom is -0.0889 e. The summed E-state index contributed by atoms with van der Waals surface area (Å²) in [7, 11) is 6.13. The lowest BCUT2D eigenvalue weighted by Crippen LogP contribution is -2.03. The summed E-state index contributed by atoms with van der Waals surface area (Å²) in [5, 5.41) is 4.76. The quantitative estimate of drug-likeness (QED) is 0.416. The minimum absolute atomic E-state index is 0.820. The van der Waals surface area contributed by atoms with Crippen molar-refractivity contribution in [1.82, 2.24) is 0 Å². The monoisotopic (exact) mass is 342 g/mol. The van der Waals surface area contributed by atoms with Crippen LogP contribution in [-0.4, -0.2) is 7.85 Å². The number of hydrogen-bond donors (Lipinski definition) is 0. The molecule has 0 fully saturated rings. The largest absolute Gasteiger partial charge is 0.114 e. The van der Waals surface area contributed by atoms with E-state index in [1.54, 1.807) is 0 Å². The topological polar surface area (TPSA) is 0 Å². The zero-order valence-corrected chi connectivity index (χ0v) is 13.5. The first-order valence-electron chi connectivity index (χ1n) is 7.20. The summed E-state index contributed by atoms with van der Waals surface area (Å²) in [6.07, 6.45) is 0. The van der Waals surface area contributed by atoms with Gasteiger partial charge >= 0.3 is 0 Å². The molecule has 22 heavy (non-hydrogen) atoms. The summed E-state index contributed by atoms with van der Waals surface area (Å²) in [4.78, 5) is 0. The molecule has 0 aliphatic rings. The molecule has 4 aromatic carbocycles. The highest BCUT2D eigenvalue weighted by Gasteiger charge is 2.09. The first-order valence-corrected chi connectivity index (χ1v) is 8.00. The van der Waals surface area contributed by atoms with Gasteiger partial charge in [0.15, 0.2) is 0 Å². The fourth-order valence-electron chi connectivity index (χ4n) is 3.05. The normalized spacial score (nSPS) is 11.1. The van der Waals surface area contributed by atoms with E-state index in [1.807, 2.05) is 12.1 Å². The second-order valence-corrected chi connectivity index (χ2v) is 6.24. The van der Waals surface area contributed by atoms with Gasteiger partial charge in [-0.05, 0) is 38.7 Å². The average molecular weight is 343 g/mol. The van der Waals surface area contributed by atoms with Gasteiger partial charge in [-0.3, -0.25) is 0 Å². The molecule has 0 atom stereocenters. The van der Waals surface area contributed by atoms with Crippen LogP contribution in [0.25, 0.3) is 32.7 Å². The van der Waals surface area contributed by atoms with E-state index in [4.69, 9.17) is 7.85 Å². The Hall–Kier alpha value is -2.06. The van der Waals surface area contributed by atoms with Crippen LogP contribution in [0.3, 0.4) is 0 Å². The van der Waals surface area contributed by atoms with E-state index in [0.29, 0.717) is 0 Å². The molecule has 0 aliphatic heterocycles.